The fourth-order valence-electron chi connectivity index (χ4n) is 2.48. The van der Waals surface area contributed by atoms with Gasteiger partial charge in [-0.05, 0) is 13.3 Å². The third kappa shape index (κ3) is 4.31. The number of fused-ring (bicyclic) bond motifs is 1. The fourth-order valence-corrected chi connectivity index (χ4v) is 2.68. The molecule has 2 atom stereocenters. The monoisotopic (exact) mass is 330 g/mol. The number of imidazole rings is 1. The summed E-state index contributed by atoms with van der Waals surface area (Å²) in [6.45, 7) is 4.01. The molecule has 0 spiro atoms. The van der Waals surface area contributed by atoms with Crippen LogP contribution in [0.15, 0.2) is 17.7 Å². The van der Waals surface area contributed by atoms with Crippen molar-refractivity contribution in [1.29, 1.82) is 0 Å². The van der Waals surface area contributed by atoms with Crippen molar-refractivity contribution in [3.8, 4) is 0 Å². The van der Waals surface area contributed by atoms with E-state index in [1.54, 1.807) is 6.33 Å². The van der Waals surface area contributed by atoms with Crippen LogP contribution >= 0.6 is 25.0 Å². The summed E-state index contributed by atoms with van der Waals surface area (Å²) in [5.41, 5.74) is 1.43. The lowest BCUT2D eigenvalue weighted by atomic mass is 10.0. The van der Waals surface area contributed by atoms with Gasteiger partial charge in [-0.25, -0.2) is 15.0 Å². The van der Waals surface area contributed by atoms with Crippen molar-refractivity contribution in [2.75, 3.05) is 0 Å². The Morgan fingerprint density at radius 2 is 2.00 bits per heavy atom. The number of hydrogen-bond acceptors (Lipinski definition) is 5. The lowest BCUT2D eigenvalue weighted by molar-refractivity contribution is 0.124. The SMILES string of the molecule is CCCCCCC(C(C)O)n1cnc2c(S)ncnc21.Cl. The van der Waals surface area contributed by atoms with E-state index in [4.69, 9.17) is 0 Å². The Hall–Kier alpha value is -0.850. The summed E-state index contributed by atoms with van der Waals surface area (Å²) in [7, 11) is 0. The zero-order valence-corrected chi connectivity index (χ0v) is 14.1. The van der Waals surface area contributed by atoms with Crippen LogP contribution in [0.4, 0.5) is 0 Å². The summed E-state index contributed by atoms with van der Waals surface area (Å²) in [5.74, 6) is 0. The normalized spacial score (nSPS) is 13.9. The highest BCUT2D eigenvalue weighted by atomic mass is 35.5. The minimum atomic E-state index is -0.438. The Bertz CT molecular complexity index is 561. The molecule has 0 amide bonds. The first-order valence-corrected chi connectivity index (χ1v) is 7.64. The third-order valence-corrected chi connectivity index (χ3v) is 3.93. The number of aromatic nitrogens is 4. The van der Waals surface area contributed by atoms with Gasteiger partial charge in [-0.15, -0.1) is 25.0 Å². The average Bonchev–Trinajstić information content (AvgIpc) is 2.84. The maximum atomic E-state index is 10.1. The van der Waals surface area contributed by atoms with Crippen LogP contribution in [-0.2, 0) is 0 Å². The van der Waals surface area contributed by atoms with Crippen LogP contribution in [0.2, 0.25) is 0 Å². The van der Waals surface area contributed by atoms with Crippen molar-refractivity contribution >= 4 is 36.2 Å². The second-order valence-corrected chi connectivity index (χ2v) is 5.60. The van der Waals surface area contributed by atoms with Crippen LogP contribution < -0.4 is 0 Å². The second kappa shape index (κ2) is 8.56. The smallest absolute Gasteiger partial charge is 0.164 e. The Morgan fingerprint density at radius 3 is 2.67 bits per heavy atom. The molecule has 0 aromatic carbocycles. The van der Waals surface area contributed by atoms with Crippen LogP contribution in [0.3, 0.4) is 0 Å². The highest BCUT2D eigenvalue weighted by Crippen LogP contribution is 2.25. The van der Waals surface area contributed by atoms with Crippen molar-refractivity contribution in [1.82, 2.24) is 19.5 Å². The van der Waals surface area contributed by atoms with Crippen LogP contribution in [0.1, 0.15) is 52.0 Å². The van der Waals surface area contributed by atoms with Gasteiger partial charge in [0.2, 0.25) is 0 Å². The molecule has 0 saturated carbocycles. The minimum Gasteiger partial charge on any atom is -0.391 e. The van der Waals surface area contributed by atoms with E-state index in [9.17, 15) is 5.11 Å². The Kier molecular flexibility index (Phi) is 7.42. The van der Waals surface area contributed by atoms with Crippen LogP contribution in [0.25, 0.3) is 11.2 Å². The zero-order chi connectivity index (χ0) is 14.5. The number of aliphatic hydroxyl groups excluding tert-OH is 1. The molecule has 0 fully saturated rings. The molecule has 0 aliphatic carbocycles. The molecule has 0 aliphatic heterocycles. The van der Waals surface area contributed by atoms with Gasteiger partial charge in [-0.3, -0.25) is 0 Å². The second-order valence-electron chi connectivity index (χ2n) is 5.18. The largest absolute Gasteiger partial charge is 0.391 e. The highest BCUT2D eigenvalue weighted by molar-refractivity contribution is 7.80. The summed E-state index contributed by atoms with van der Waals surface area (Å²) in [6.07, 6.45) is 8.45. The molecule has 2 aromatic heterocycles. The molecule has 5 nitrogen and oxygen atoms in total. The molecule has 2 heterocycles. The van der Waals surface area contributed by atoms with Gasteiger partial charge in [0.15, 0.2) is 5.65 Å². The number of unbranched alkanes of at least 4 members (excludes halogenated alkanes) is 3. The van der Waals surface area contributed by atoms with Gasteiger partial charge in [0.25, 0.3) is 0 Å². The van der Waals surface area contributed by atoms with Gasteiger partial charge in [0.05, 0.1) is 18.5 Å². The predicted molar refractivity (Wildman–Crippen MR) is 89.3 cm³/mol. The zero-order valence-electron chi connectivity index (χ0n) is 12.4. The van der Waals surface area contributed by atoms with Gasteiger partial charge in [0, 0.05) is 0 Å². The molecule has 2 aromatic rings. The summed E-state index contributed by atoms with van der Waals surface area (Å²) in [4.78, 5) is 12.6. The average molecular weight is 331 g/mol. The number of halogens is 1. The maximum Gasteiger partial charge on any atom is 0.164 e. The molecule has 0 radical (unpaired) electrons. The molecule has 1 N–H and O–H groups in total. The molecule has 21 heavy (non-hydrogen) atoms. The van der Waals surface area contributed by atoms with Crippen LogP contribution in [-0.4, -0.2) is 30.7 Å². The highest BCUT2D eigenvalue weighted by Gasteiger charge is 2.20. The van der Waals surface area contributed by atoms with E-state index >= 15 is 0 Å². The van der Waals surface area contributed by atoms with Crippen molar-refractivity contribution in [3.63, 3.8) is 0 Å². The summed E-state index contributed by atoms with van der Waals surface area (Å²) in [6, 6.07) is -0.000473. The van der Waals surface area contributed by atoms with Gasteiger partial charge in [0.1, 0.15) is 16.9 Å². The molecule has 0 bridgehead atoms. The number of aliphatic hydroxyl groups is 1. The molecular weight excluding hydrogens is 308 g/mol. The Morgan fingerprint density at radius 1 is 1.24 bits per heavy atom. The molecule has 118 valence electrons. The number of thiol groups is 1. The molecular formula is C14H23ClN4OS. The topological polar surface area (TPSA) is 63.8 Å². The van der Waals surface area contributed by atoms with E-state index in [1.807, 2.05) is 11.5 Å². The van der Waals surface area contributed by atoms with E-state index in [0.717, 1.165) is 18.5 Å². The molecule has 7 heteroatoms. The first-order chi connectivity index (χ1) is 9.65. The lowest BCUT2D eigenvalue weighted by Gasteiger charge is -2.21. The molecule has 2 unspecified atom stereocenters. The van der Waals surface area contributed by atoms with Crippen molar-refractivity contribution in [3.05, 3.63) is 12.7 Å². The first-order valence-electron chi connectivity index (χ1n) is 7.19. The van der Waals surface area contributed by atoms with Crippen molar-refractivity contribution in [2.45, 2.75) is 63.1 Å². The van der Waals surface area contributed by atoms with E-state index < -0.39 is 6.10 Å². The van der Waals surface area contributed by atoms with E-state index in [-0.39, 0.29) is 18.4 Å². The third-order valence-electron chi connectivity index (χ3n) is 3.61. The quantitative estimate of drug-likeness (QED) is 0.464. The van der Waals surface area contributed by atoms with Gasteiger partial charge < -0.3 is 9.67 Å². The number of rotatable bonds is 7. The number of nitrogens with zero attached hydrogens (tertiary/aromatic N) is 4. The summed E-state index contributed by atoms with van der Waals surface area (Å²) >= 11 is 4.29. The Balaban J connectivity index is 0.00000220. The summed E-state index contributed by atoms with van der Waals surface area (Å²) < 4.78 is 1.95. The molecule has 0 aliphatic rings. The first kappa shape index (κ1) is 18.2. The van der Waals surface area contributed by atoms with E-state index in [0.29, 0.717) is 10.5 Å². The van der Waals surface area contributed by atoms with Gasteiger partial charge in [-0.1, -0.05) is 32.6 Å². The minimum absolute atomic E-state index is 0. The standard InChI is InChI=1S/C14H22N4OS.ClH/c1-3-4-5-6-7-11(10(2)19)18-9-17-12-13(18)15-8-16-14(12)20;/h8-11,19H,3-7H2,1-2H3,(H,15,16,20);1H. The Labute approximate surface area is 137 Å². The molecule has 0 saturated heterocycles. The lowest BCUT2D eigenvalue weighted by Crippen LogP contribution is -2.21. The van der Waals surface area contributed by atoms with Crippen molar-refractivity contribution in [2.24, 2.45) is 0 Å². The van der Waals surface area contributed by atoms with Gasteiger partial charge >= 0.3 is 0 Å². The van der Waals surface area contributed by atoms with Crippen LogP contribution in [0, 0.1) is 0 Å². The number of hydrogen-bond donors (Lipinski definition) is 2. The summed E-state index contributed by atoms with van der Waals surface area (Å²) in [5, 5.41) is 10.6. The van der Waals surface area contributed by atoms with Gasteiger partial charge in [-0.2, -0.15) is 0 Å². The fraction of sp³-hybridized carbons (Fsp3) is 0.643. The van der Waals surface area contributed by atoms with Crippen LogP contribution in [0.5, 0.6) is 0 Å². The molecule has 2 rings (SSSR count). The van der Waals surface area contributed by atoms with E-state index in [2.05, 4.69) is 34.5 Å². The van der Waals surface area contributed by atoms with Crippen molar-refractivity contribution < 1.29 is 5.11 Å². The maximum absolute atomic E-state index is 10.1. The van der Waals surface area contributed by atoms with E-state index in [1.165, 1.54) is 25.6 Å². The predicted octanol–water partition coefficient (Wildman–Crippen LogP) is 3.43.